The second-order valence-corrected chi connectivity index (χ2v) is 2.83. The largest absolute Gasteiger partial charge is 0.488 e. The minimum absolute atomic E-state index is 0.0405. The van der Waals surface area contributed by atoms with Crippen molar-refractivity contribution in [2.45, 2.75) is 20.0 Å². The predicted octanol–water partition coefficient (Wildman–Crippen LogP) is 2.20. The van der Waals surface area contributed by atoms with Crippen molar-refractivity contribution >= 4 is 5.69 Å². The van der Waals surface area contributed by atoms with E-state index in [1.165, 1.54) is 6.07 Å². The van der Waals surface area contributed by atoms with Gasteiger partial charge in [0.25, 0.3) is 0 Å². The van der Waals surface area contributed by atoms with Crippen LogP contribution in [0.15, 0.2) is 18.2 Å². The number of nitrogen functional groups attached to an aromatic ring is 1. The van der Waals surface area contributed by atoms with Crippen LogP contribution in [-0.4, -0.2) is 6.10 Å². The molecule has 0 saturated heterocycles. The maximum Gasteiger partial charge on any atom is 0.187 e. The highest BCUT2D eigenvalue weighted by Crippen LogP contribution is 2.22. The van der Waals surface area contributed by atoms with Crippen LogP contribution in [0, 0.1) is 5.82 Å². The molecule has 0 aliphatic heterocycles. The number of rotatable bonds is 2. The Morgan fingerprint density at radius 2 is 2.08 bits per heavy atom. The van der Waals surface area contributed by atoms with Crippen molar-refractivity contribution in [3.05, 3.63) is 24.0 Å². The van der Waals surface area contributed by atoms with Crippen LogP contribution in [0.5, 0.6) is 5.75 Å². The van der Waals surface area contributed by atoms with Gasteiger partial charge >= 0.3 is 0 Å². The zero-order valence-electron chi connectivity index (χ0n) is 7.17. The van der Waals surface area contributed by atoms with E-state index in [4.69, 9.17) is 10.5 Å². The van der Waals surface area contributed by atoms with Gasteiger partial charge in [-0.25, -0.2) is 4.39 Å². The van der Waals surface area contributed by atoms with Crippen LogP contribution in [0.2, 0.25) is 0 Å². The fraction of sp³-hybridized carbons (Fsp3) is 0.333. The molecule has 3 heteroatoms. The molecule has 0 fully saturated rings. The van der Waals surface area contributed by atoms with Crippen LogP contribution in [-0.2, 0) is 0 Å². The molecule has 1 aromatic rings. The van der Waals surface area contributed by atoms with Gasteiger partial charge in [-0.3, -0.25) is 0 Å². The first-order chi connectivity index (χ1) is 5.61. The second kappa shape index (κ2) is 3.43. The van der Waals surface area contributed by atoms with Gasteiger partial charge in [0.2, 0.25) is 0 Å². The van der Waals surface area contributed by atoms with E-state index in [0.29, 0.717) is 0 Å². The minimum atomic E-state index is -0.480. The molecule has 0 aliphatic rings. The van der Waals surface area contributed by atoms with Crippen LogP contribution in [0.1, 0.15) is 13.8 Å². The van der Waals surface area contributed by atoms with Gasteiger partial charge < -0.3 is 10.5 Å². The zero-order chi connectivity index (χ0) is 9.14. The Bertz CT molecular complexity index is 273. The van der Waals surface area contributed by atoms with E-state index in [1.807, 2.05) is 13.8 Å². The van der Waals surface area contributed by atoms with Crippen LogP contribution in [0.25, 0.3) is 0 Å². The zero-order valence-corrected chi connectivity index (χ0v) is 7.17. The molecule has 0 bridgehead atoms. The molecule has 0 atom stereocenters. The van der Waals surface area contributed by atoms with Gasteiger partial charge in [0.1, 0.15) is 0 Å². The third-order valence-corrected chi connectivity index (χ3v) is 1.36. The summed E-state index contributed by atoms with van der Waals surface area (Å²) in [5, 5.41) is 0. The van der Waals surface area contributed by atoms with Gasteiger partial charge in [0.05, 0.1) is 11.8 Å². The minimum Gasteiger partial charge on any atom is -0.488 e. The van der Waals surface area contributed by atoms with Crippen molar-refractivity contribution in [2.24, 2.45) is 0 Å². The lowest BCUT2D eigenvalue weighted by atomic mass is 10.3. The first kappa shape index (κ1) is 8.84. The molecule has 1 aromatic carbocycles. The maximum absolute atomic E-state index is 13.1. The van der Waals surface area contributed by atoms with Crippen molar-refractivity contribution < 1.29 is 9.13 Å². The molecule has 0 spiro atoms. The molecule has 12 heavy (non-hydrogen) atoms. The van der Waals surface area contributed by atoms with Gasteiger partial charge in [0, 0.05) is 0 Å². The standard InChI is InChI=1S/C9H12FNO/c1-6(2)12-8-5-3-4-7(11)9(8)10/h3-6H,11H2,1-2H3. The molecule has 1 rings (SSSR count). The molecular formula is C9H12FNO. The Hall–Kier alpha value is -1.25. The molecular weight excluding hydrogens is 157 g/mol. The van der Waals surface area contributed by atoms with Crippen LogP contribution in [0.3, 0.4) is 0 Å². The Morgan fingerprint density at radius 1 is 1.42 bits per heavy atom. The fourth-order valence-electron chi connectivity index (χ4n) is 0.873. The first-order valence-electron chi connectivity index (χ1n) is 3.82. The van der Waals surface area contributed by atoms with E-state index >= 15 is 0 Å². The summed E-state index contributed by atoms with van der Waals surface area (Å²) in [4.78, 5) is 0. The van der Waals surface area contributed by atoms with E-state index in [9.17, 15) is 4.39 Å². The topological polar surface area (TPSA) is 35.2 Å². The molecule has 0 amide bonds. The Morgan fingerprint density at radius 3 is 2.67 bits per heavy atom. The lowest BCUT2D eigenvalue weighted by molar-refractivity contribution is 0.231. The van der Waals surface area contributed by atoms with Crippen molar-refractivity contribution in [1.29, 1.82) is 0 Å². The summed E-state index contributed by atoms with van der Waals surface area (Å²) in [5.74, 6) is -0.267. The van der Waals surface area contributed by atoms with Gasteiger partial charge in [-0.15, -0.1) is 0 Å². The van der Waals surface area contributed by atoms with Crippen molar-refractivity contribution in [3.8, 4) is 5.75 Å². The van der Waals surface area contributed by atoms with E-state index in [0.717, 1.165) is 0 Å². The number of hydrogen-bond acceptors (Lipinski definition) is 2. The number of ether oxygens (including phenoxy) is 1. The summed E-state index contributed by atoms with van der Waals surface area (Å²) in [5.41, 5.74) is 5.46. The second-order valence-electron chi connectivity index (χ2n) is 2.83. The van der Waals surface area contributed by atoms with E-state index < -0.39 is 5.82 Å². The number of anilines is 1. The van der Waals surface area contributed by atoms with Gasteiger partial charge in [-0.2, -0.15) is 0 Å². The summed E-state index contributed by atoms with van der Waals surface area (Å²) < 4.78 is 18.3. The van der Waals surface area contributed by atoms with Crippen molar-refractivity contribution in [1.82, 2.24) is 0 Å². The summed E-state index contributed by atoms with van der Waals surface area (Å²) in [6.07, 6.45) is -0.0405. The van der Waals surface area contributed by atoms with E-state index in [2.05, 4.69) is 0 Å². The Balaban J connectivity index is 2.92. The highest BCUT2D eigenvalue weighted by molar-refractivity contribution is 5.45. The summed E-state index contributed by atoms with van der Waals surface area (Å²) in [6, 6.07) is 4.73. The molecule has 0 saturated carbocycles. The lowest BCUT2D eigenvalue weighted by Gasteiger charge is -2.10. The third-order valence-electron chi connectivity index (χ3n) is 1.36. The molecule has 0 aromatic heterocycles. The molecule has 0 unspecified atom stereocenters. The molecule has 2 nitrogen and oxygen atoms in total. The van der Waals surface area contributed by atoms with Gasteiger partial charge in [-0.1, -0.05) is 6.07 Å². The average Bonchev–Trinajstić information content (AvgIpc) is 1.98. The summed E-state index contributed by atoms with van der Waals surface area (Å²) in [6.45, 7) is 3.67. The van der Waals surface area contributed by atoms with Crippen molar-refractivity contribution in [2.75, 3.05) is 5.73 Å². The van der Waals surface area contributed by atoms with Gasteiger partial charge in [-0.05, 0) is 26.0 Å². The van der Waals surface area contributed by atoms with E-state index in [-0.39, 0.29) is 17.5 Å². The first-order valence-corrected chi connectivity index (χ1v) is 3.82. The number of halogens is 1. The quantitative estimate of drug-likeness (QED) is 0.689. The average molecular weight is 169 g/mol. The van der Waals surface area contributed by atoms with Gasteiger partial charge in [0.15, 0.2) is 11.6 Å². The lowest BCUT2D eigenvalue weighted by Crippen LogP contribution is -2.07. The highest BCUT2D eigenvalue weighted by atomic mass is 19.1. The summed E-state index contributed by atoms with van der Waals surface area (Å²) >= 11 is 0. The fourth-order valence-corrected chi connectivity index (χ4v) is 0.873. The van der Waals surface area contributed by atoms with Crippen LogP contribution < -0.4 is 10.5 Å². The molecule has 0 aliphatic carbocycles. The number of benzene rings is 1. The molecule has 0 radical (unpaired) electrons. The maximum atomic E-state index is 13.1. The Labute approximate surface area is 71.1 Å². The van der Waals surface area contributed by atoms with E-state index in [1.54, 1.807) is 12.1 Å². The van der Waals surface area contributed by atoms with Crippen LogP contribution in [0.4, 0.5) is 10.1 Å². The SMILES string of the molecule is CC(C)Oc1cccc(N)c1F. The van der Waals surface area contributed by atoms with Crippen LogP contribution >= 0.6 is 0 Å². The predicted molar refractivity (Wildman–Crippen MR) is 46.6 cm³/mol. The molecule has 66 valence electrons. The number of nitrogens with two attached hydrogens (primary N) is 1. The monoisotopic (exact) mass is 169 g/mol. The van der Waals surface area contributed by atoms with Crippen molar-refractivity contribution in [3.63, 3.8) is 0 Å². The number of hydrogen-bond donors (Lipinski definition) is 1. The third kappa shape index (κ3) is 1.87. The molecule has 0 heterocycles. The smallest absolute Gasteiger partial charge is 0.187 e. The highest BCUT2D eigenvalue weighted by Gasteiger charge is 2.06. The Kier molecular flexibility index (Phi) is 2.53. The normalized spacial score (nSPS) is 10.3. The molecule has 2 N–H and O–H groups in total. The summed E-state index contributed by atoms with van der Waals surface area (Å²) in [7, 11) is 0.